The third-order valence-electron chi connectivity index (χ3n) is 3.78. The Morgan fingerprint density at radius 2 is 2.18 bits per heavy atom. The Morgan fingerprint density at radius 3 is 2.86 bits per heavy atom. The summed E-state index contributed by atoms with van der Waals surface area (Å²) in [6.45, 7) is 4.22. The van der Waals surface area contributed by atoms with Gasteiger partial charge in [0.15, 0.2) is 0 Å². The van der Waals surface area contributed by atoms with Crippen molar-refractivity contribution in [2.45, 2.75) is 19.9 Å². The van der Waals surface area contributed by atoms with Crippen LogP contribution in [0.5, 0.6) is 0 Å². The Morgan fingerprint density at radius 1 is 1.32 bits per heavy atom. The maximum absolute atomic E-state index is 13.2. The zero-order valence-corrected chi connectivity index (χ0v) is 12.5. The molecule has 2 N–H and O–H groups in total. The van der Waals surface area contributed by atoms with Crippen molar-refractivity contribution < 1.29 is 4.39 Å². The van der Waals surface area contributed by atoms with Gasteiger partial charge < -0.3 is 5.73 Å². The van der Waals surface area contributed by atoms with Gasteiger partial charge >= 0.3 is 0 Å². The predicted octanol–water partition coefficient (Wildman–Crippen LogP) is 2.19. The molecule has 0 saturated carbocycles. The first-order valence-corrected chi connectivity index (χ1v) is 7.22. The highest BCUT2D eigenvalue weighted by Crippen LogP contribution is 2.23. The van der Waals surface area contributed by atoms with E-state index in [-0.39, 0.29) is 5.82 Å². The van der Waals surface area contributed by atoms with Crippen LogP contribution < -0.4 is 5.73 Å². The van der Waals surface area contributed by atoms with Crippen LogP contribution in [-0.4, -0.2) is 32.9 Å². The normalized spacial score (nSPS) is 15.6. The monoisotopic (exact) mass is 299 g/mol. The van der Waals surface area contributed by atoms with Gasteiger partial charge in [0.05, 0.1) is 6.20 Å². The van der Waals surface area contributed by atoms with Gasteiger partial charge in [-0.3, -0.25) is 9.88 Å². The SMILES string of the molecule is Cc1ncc(CN2CC=C(c3cncc(F)c3)CC2)c(N)n1. The second-order valence-electron chi connectivity index (χ2n) is 5.43. The number of nitrogens with two attached hydrogens (primary N) is 1. The van der Waals surface area contributed by atoms with Gasteiger partial charge in [0.2, 0.25) is 0 Å². The molecule has 22 heavy (non-hydrogen) atoms. The number of hydrogen-bond acceptors (Lipinski definition) is 5. The summed E-state index contributed by atoms with van der Waals surface area (Å²) in [4.78, 5) is 14.5. The van der Waals surface area contributed by atoms with Crippen LogP contribution in [0.1, 0.15) is 23.4 Å². The van der Waals surface area contributed by atoms with E-state index in [1.165, 1.54) is 12.3 Å². The lowest BCUT2D eigenvalue weighted by molar-refractivity contribution is 0.293. The third kappa shape index (κ3) is 3.28. The van der Waals surface area contributed by atoms with Gasteiger partial charge in [-0.05, 0) is 30.5 Å². The number of hydrogen-bond donors (Lipinski definition) is 1. The molecule has 0 fully saturated rings. The lowest BCUT2D eigenvalue weighted by atomic mass is 10.0. The van der Waals surface area contributed by atoms with Gasteiger partial charge in [-0.1, -0.05) is 6.08 Å². The maximum atomic E-state index is 13.2. The molecule has 1 aliphatic rings. The molecule has 0 atom stereocenters. The van der Waals surface area contributed by atoms with Crippen molar-refractivity contribution in [3.05, 3.63) is 53.5 Å². The van der Waals surface area contributed by atoms with E-state index in [1.54, 1.807) is 12.4 Å². The highest BCUT2D eigenvalue weighted by molar-refractivity contribution is 5.65. The molecule has 0 saturated heterocycles. The first-order valence-electron chi connectivity index (χ1n) is 7.22. The molecule has 0 aromatic carbocycles. The van der Waals surface area contributed by atoms with Gasteiger partial charge in [0, 0.05) is 37.6 Å². The summed E-state index contributed by atoms with van der Waals surface area (Å²) in [7, 11) is 0. The van der Waals surface area contributed by atoms with Crippen LogP contribution in [-0.2, 0) is 6.54 Å². The minimum atomic E-state index is -0.301. The molecule has 0 bridgehead atoms. The van der Waals surface area contributed by atoms with Crippen molar-refractivity contribution >= 4 is 11.4 Å². The van der Waals surface area contributed by atoms with E-state index in [4.69, 9.17) is 5.73 Å². The summed E-state index contributed by atoms with van der Waals surface area (Å²) in [5.41, 5.74) is 8.86. The van der Waals surface area contributed by atoms with Crippen LogP contribution in [0.2, 0.25) is 0 Å². The molecule has 3 rings (SSSR count). The van der Waals surface area contributed by atoms with Gasteiger partial charge in [-0.2, -0.15) is 0 Å². The molecule has 0 radical (unpaired) electrons. The highest BCUT2D eigenvalue weighted by atomic mass is 19.1. The minimum absolute atomic E-state index is 0.301. The van der Waals surface area contributed by atoms with Crippen molar-refractivity contribution in [2.24, 2.45) is 0 Å². The average molecular weight is 299 g/mol. The van der Waals surface area contributed by atoms with Crippen molar-refractivity contribution in [1.82, 2.24) is 19.9 Å². The van der Waals surface area contributed by atoms with Crippen molar-refractivity contribution in [2.75, 3.05) is 18.8 Å². The molecule has 1 aliphatic heterocycles. The lowest BCUT2D eigenvalue weighted by Crippen LogP contribution is -2.28. The summed E-state index contributed by atoms with van der Waals surface area (Å²) in [5.74, 6) is 0.919. The van der Waals surface area contributed by atoms with Crippen LogP contribution in [0.25, 0.3) is 5.57 Å². The first kappa shape index (κ1) is 14.6. The summed E-state index contributed by atoms with van der Waals surface area (Å²) in [6, 6.07) is 1.53. The second-order valence-corrected chi connectivity index (χ2v) is 5.43. The van der Waals surface area contributed by atoms with Crippen LogP contribution >= 0.6 is 0 Å². The Labute approximate surface area is 128 Å². The Hall–Kier alpha value is -2.34. The predicted molar refractivity (Wildman–Crippen MR) is 83.2 cm³/mol. The smallest absolute Gasteiger partial charge is 0.142 e. The Kier molecular flexibility index (Phi) is 4.11. The lowest BCUT2D eigenvalue weighted by Gasteiger charge is -2.26. The Bertz CT molecular complexity index is 713. The molecule has 2 aromatic rings. The highest BCUT2D eigenvalue weighted by Gasteiger charge is 2.15. The molecule has 0 amide bonds. The van der Waals surface area contributed by atoms with E-state index in [0.717, 1.165) is 42.8 Å². The first-order chi connectivity index (χ1) is 10.6. The van der Waals surface area contributed by atoms with Gasteiger partial charge in [0.25, 0.3) is 0 Å². The van der Waals surface area contributed by atoms with Crippen LogP contribution in [0, 0.1) is 12.7 Å². The number of nitrogen functional groups attached to an aromatic ring is 1. The number of pyridine rings is 1. The summed E-state index contributed by atoms with van der Waals surface area (Å²) < 4.78 is 13.2. The van der Waals surface area contributed by atoms with Crippen molar-refractivity contribution in [3.63, 3.8) is 0 Å². The zero-order chi connectivity index (χ0) is 15.5. The number of rotatable bonds is 3. The van der Waals surface area contributed by atoms with E-state index >= 15 is 0 Å². The summed E-state index contributed by atoms with van der Waals surface area (Å²) >= 11 is 0. The number of halogens is 1. The molecular formula is C16H18FN5. The molecule has 2 aromatic heterocycles. The number of anilines is 1. The quantitative estimate of drug-likeness (QED) is 0.941. The van der Waals surface area contributed by atoms with Crippen LogP contribution in [0.4, 0.5) is 10.2 Å². The van der Waals surface area contributed by atoms with E-state index in [0.29, 0.717) is 11.6 Å². The van der Waals surface area contributed by atoms with Crippen molar-refractivity contribution in [3.8, 4) is 0 Å². The molecule has 5 nitrogen and oxygen atoms in total. The van der Waals surface area contributed by atoms with E-state index in [9.17, 15) is 4.39 Å². The fourth-order valence-electron chi connectivity index (χ4n) is 2.58. The minimum Gasteiger partial charge on any atom is -0.383 e. The number of aryl methyl sites for hydroxylation is 1. The fraction of sp³-hybridized carbons (Fsp3) is 0.312. The molecular weight excluding hydrogens is 281 g/mol. The molecule has 3 heterocycles. The molecule has 114 valence electrons. The van der Waals surface area contributed by atoms with E-state index in [1.807, 2.05) is 6.92 Å². The van der Waals surface area contributed by atoms with Gasteiger partial charge in [0.1, 0.15) is 17.5 Å². The zero-order valence-electron chi connectivity index (χ0n) is 12.5. The van der Waals surface area contributed by atoms with E-state index < -0.39 is 0 Å². The molecule has 6 heteroatoms. The largest absolute Gasteiger partial charge is 0.383 e. The Balaban J connectivity index is 1.68. The fourth-order valence-corrected chi connectivity index (χ4v) is 2.58. The summed E-state index contributed by atoms with van der Waals surface area (Å²) in [6.07, 6.45) is 7.69. The number of aromatic nitrogens is 3. The van der Waals surface area contributed by atoms with Crippen LogP contribution in [0.3, 0.4) is 0 Å². The topological polar surface area (TPSA) is 67.9 Å². The van der Waals surface area contributed by atoms with Crippen molar-refractivity contribution in [1.29, 1.82) is 0 Å². The molecule has 0 spiro atoms. The van der Waals surface area contributed by atoms with Crippen LogP contribution in [0.15, 0.2) is 30.7 Å². The number of nitrogens with zero attached hydrogens (tertiary/aromatic N) is 4. The molecule has 0 aliphatic carbocycles. The second kappa shape index (κ2) is 6.19. The standard InChI is InChI=1S/C16H18FN5/c1-11-20-8-14(16(18)21-11)10-22-4-2-12(3-5-22)13-6-15(17)9-19-7-13/h2,6-9H,3-5,10H2,1H3,(H2,18,20,21). The average Bonchev–Trinajstić information content (AvgIpc) is 2.51. The maximum Gasteiger partial charge on any atom is 0.142 e. The molecule has 0 unspecified atom stereocenters. The van der Waals surface area contributed by atoms with E-state index in [2.05, 4.69) is 25.9 Å². The van der Waals surface area contributed by atoms with Gasteiger partial charge in [-0.25, -0.2) is 14.4 Å². The van der Waals surface area contributed by atoms with Gasteiger partial charge in [-0.15, -0.1) is 0 Å². The summed E-state index contributed by atoms with van der Waals surface area (Å²) in [5, 5.41) is 0. The third-order valence-corrected chi connectivity index (χ3v) is 3.78.